The lowest BCUT2D eigenvalue weighted by Crippen LogP contribution is -2.29. The van der Waals surface area contributed by atoms with Gasteiger partial charge in [-0.2, -0.15) is 0 Å². The molecule has 0 atom stereocenters. The first-order valence-electron chi connectivity index (χ1n) is 7.86. The molecule has 3 rings (SSSR count). The van der Waals surface area contributed by atoms with Gasteiger partial charge in [0, 0.05) is 17.5 Å². The minimum absolute atomic E-state index is 0.0167. The summed E-state index contributed by atoms with van der Waals surface area (Å²) < 4.78 is 4.71. The van der Waals surface area contributed by atoms with E-state index in [-0.39, 0.29) is 23.5 Å². The summed E-state index contributed by atoms with van der Waals surface area (Å²) in [6, 6.07) is 7.11. The molecule has 4 nitrogen and oxygen atoms in total. The maximum absolute atomic E-state index is 12.5. The Morgan fingerprint density at radius 1 is 1.05 bits per heavy atom. The van der Waals surface area contributed by atoms with Gasteiger partial charge in [-0.05, 0) is 37.5 Å². The van der Waals surface area contributed by atoms with E-state index in [1.165, 1.54) is 7.11 Å². The first-order chi connectivity index (χ1) is 10.6. The second-order valence-electron chi connectivity index (χ2n) is 6.31. The fourth-order valence-electron chi connectivity index (χ4n) is 3.84. The zero-order valence-corrected chi connectivity index (χ0v) is 12.7. The summed E-state index contributed by atoms with van der Waals surface area (Å²) in [7, 11) is 1.40. The molecule has 22 heavy (non-hydrogen) atoms. The van der Waals surface area contributed by atoms with Crippen molar-refractivity contribution in [2.45, 2.75) is 32.1 Å². The number of carbonyl (C=O) groups excluding carboxylic acids is 3. The van der Waals surface area contributed by atoms with E-state index in [2.05, 4.69) is 0 Å². The normalized spacial score (nSPS) is 25.1. The third-order valence-corrected chi connectivity index (χ3v) is 5.07. The van der Waals surface area contributed by atoms with Crippen LogP contribution in [0.15, 0.2) is 24.3 Å². The van der Waals surface area contributed by atoms with Gasteiger partial charge < -0.3 is 4.74 Å². The minimum Gasteiger partial charge on any atom is -0.469 e. The number of benzene rings is 1. The highest BCUT2D eigenvalue weighted by molar-refractivity contribution is 6.26. The number of fused-ring (bicyclic) bond motifs is 1. The molecule has 0 aliphatic heterocycles. The van der Waals surface area contributed by atoms with Gasteiger partial charge in [-0.1, -0.05) is 24.3 Å². The number of methoxy groups -OCH3 is 1. The standard InChI is InChI=1S/C18H20O4/c1-22-15(19)10-11-6-8-12(9-7-11)16-17(20)13-4-2-3-5-14(13)18(16)21/h2-5,11-12,16H,6-10H2,1H3. The first-order valence-corrected chi connectivity index (χ1v) is 7.86. The number of carbonyl (C=O) groups is 3. The largest absolute Gasteiger partial charge is 0.469 e. The minimum atomic E-state index is -0.503. The van der Waals surface area contributed by atoms with Gasteiger partial charge in [0.15, 0.2) is 11.6 Å². The monoisotopic (exact) mass is 300 g/mol. The Kier molecular flexibility index (Phi) is 4.10. The van der Waals surface area contributed by atoms with Crippen molar-refractivity contribution in [3.8, 4) is 0 Å². The molecule has 0 saturated heterocycles. The Hall–Kier alpha value is -1.97. The molecule has 4 heteroatoms. The van der Waals surface area contributed by atoms with Crippen LogP contribution in [0, 0.1) is 17.8 Å². The van der Waals surface area contributed by atoms with Gasteiger partial charge in [-0.3, -0.25) is 14.4 Å². The lowest BCUT2D eigenvalue weighted by molar-refractivity contribution is -0.142. The topological polar surface area (TPSA) is 60.4 Å². The summed E-state index contributed by atoms with van der Waals surface area (Å²) >= 11 is 0. The lowest BCUT2D eigenvalue weighted by atomic mass is 9.73. The van der Waals surface area contributed by atoms with Gasteiger partial charge in [0.25, 0.3) is 0 Å². The van der Waals surface area contributed by atoms with E-state index in [0.29, 0.717) is 23.5 Å². The van der Waals surface area contributed by atoms with Crippen LogP contribution < -0.4 is 0 Å². The summed E-state index contributed by atoms with van der Waals surface area (Å²) in [6.07, 6.45) is 3.87. The Morgan fingerprint density at radius 2 is 1.59 bits per heavy atom. The highest BCUT2D eigenvalue weighted by Crippen LogP contribution is 2.40. The van der Waals surface area contributed by atoms with Crippen molar-refractivity contribution in [3.05, 3.63) is 35.4 Å². The molecule has 0 radical (unpaired) electrons. The van der Waals surface area contributed by atoms with Crippen LogP contribution in [0.4, 0.5) is 0 Å². The number of esters is 1. The van der Waals surface area contributed by atoms with Crippen LogP contribution in [-0.4, -0.2) is 24.6 Å². The van der Waals surface area contributed by atoms with Crippen molar-refractivity contribution in [2.75, 3.05) is 7.11 Å². The Balaban J connectivity index is 1.67. The molecule has 0 unspecified atom stereocenters. The third kappa shape index (κ3) is 2.58. The van der Waals surface area contributed by atoms with Crippen LogP contribution in [0.2, 0.25) is 0 Å². The molecular weight excluding hydrogens is 280 g/mol. The summed E-state index contributed by atoms with van der Waals surface area (Å²) in [6.45, 7) is 0. The Bertz CT molecular complexity index is 576. The van der Waals surface area contributed by atoms with Crippen LogP contribution in [0.3, 0.4) is 0 Å². The van der Waals surface area contributed by atoms with Crippen molar-refractivity contribution in [3.63, 3.8) is 0 Å². The lowest BCUT2D eigenvalue weighted by Gasteiger charge is -2.30. The highest BCUT2D eigenvalue weighted by atomic mass is 16.5. The van der Waals surface area contributed by atoms with E-state index in [1.54, 1.807) is 24.3 Å². The van der Waals surface area contributed by atoms with Crippen LogP contribution in [0.1, 0.15) is 52.8 Å². The molecule has 2 aliphatic carbocycles. The molecule has 116 valence electrons. The number of hydrogen-bond donors (Lipinski definition) is 0. The second kappa shape index (κ2) is 6.03. The summed E-state index contributed by atoms with van der Waals surface area (Å²) in [4.78, 5) is 36.4. The fourth-order valence-corrected chi connectivity index (χ4v) is 3.84. The number of Topliss-reactive ketones (excluding diaryl/α,β-unsaturated/α-hetero) is 2. The average Bonchev–Trinajstić information content (AvgIpc) is 2.80. The average molecular weight is 300 g/mol. The number of rotatable bonds is 3. The van der Waals surface area contributed by atoms with Crippen molar-refractivity contribution in [1.29, 1.82) is 0 Å². The van der Waals surface area contributed by atoms with Gasteiger partial charge in [0.05, 0.1) is 13.0 Å². The van der Waals surface area contributed by atoms with Crippen molar-refractivity contribution in [2.24, 2.45) is 17.8 Å². The molecule has 1 aromatic carbocycles. The SMILES string of the molecule is COC(=O)CC1CCC(C2C(=O)c3ccccc3C2=O)CC1. The van der Waals surface area contributed by atoms with E-state index in [0.717, 1.165) is 25.7 Å². The van der Waals surface area contributed by atoms with E-state index in [1.807, 2.05) is 0 Å². The molecule has 1 fully saturated rings. The molecule has 2 aliphatic rings. The van der Waals surface area contributed by atoms with Gasteiger partial charge in [0.1, 0.15) is 0 Å². The van der Waals surface area contributed by atoms with Crippen LogP contribution in [0.25, 0.3) is 0 Å². The number of ketones is 2. The first kappa shape index (κ1) is 14.9. The quantitative estimate of drug-likeness (QED) is 0.636. The fraction of sp³-hybridized carbons (Fsp3) is 0.500. The van der Waals surface area contributed by atoms with Crippen molar-refractivity contribution in [1.82, 2.24) is 0 Å². The summed E-state index contributed by atoms with van der Waals surface area (Å²) in [5.41, 5.74) is 1.16. The van der Waals surface area contributed by atoms with Crippen LogP contribution in [-0.2, 0) is 9.53 Å². The molecule has 0 aromatic heterocycles. The van der Waals surface area contributed by atoms with Gasteiger partial charge in [-0.25, -0.2) is 0 Å². The third-order valence-electron chi connectivity index (χ3n) is 5.07. The number of ether oxygens (including phenoxy) is 1. The van der Waals surface area contributed by atoms with Gasteiger partial charge in [0.2, 0.25) is 0 Å². The molecular formula is C18H20O4. The van der Waals surface area contributed by atoms with Crippen LogP contribution in [0.5, 0.6) is 0 Å². The zero-order chi connectivity index (χ0) is 15.7. The predicted molar refractivity (Wildman–Crippen MR) is 80.7 cm³/mol. The smallest absolute Gasteiger partial charge is 0.305 e. The molecule has 0 amide bonds. The summed E-state index contributed by atoms with van der Waals surface area (Å²) in [5, 5.41) is 0. The molecule has 1 saturated carbocycles. The van der Waals surface area contributed by atoms with Gasteiger partial charge in [-0.15, -0.1) is 0 Å². The van der Waals surface area contributed by atoms with E-state index in [9.17, 15) is 14.4 Å². The Labute approximate surface area is 129 Å². The zero-order valence-electron chi connectivity index (χ0n) is 12.7. The molecule has 0 N–H and O–H groups in total. The Morgan fingerprint density at radius 3 is 2.09 bits per heavy atom. The predicted octanol–water partition coefficient (Wildman–Crippen LogP) is 3.05. The highest BCUT2D eigenvalue weighted by Gasteiger charge is 2.43. The molecule has 0 spiro atoms. The van der Waals surface area contributed by atoms with Crippen molar-refractivity contribution < 1.29 is 19.1 Å². The maximum Gasteiger partial charge on any atom is 0.305 e. The molecule has 1 aromatic rings. The second-order valence-corrected chi connectivity index (χ2v) is 6.31. The van der Waals surface area contributed by atoms with E-state index in [4.69, 9.17) is 4.74 Å². The van der Waals surface area contributed by atoms with Gasteiger partial charge >= 0.3 is 5.97 Å². The van der Waals surface area contributed by atoms with E-state index < -0.39 is 5.92 Å². The maximum atomic E-state index is 12.5. The summed E-state index contributed by atoms with van der Waals surface area (Å²) in [5.74, 6) is -0.284. The molecule has 0 bridgehead atoms. The molecule has 0 heterocycles. The van der Waals surface area contributed by atoms with E-state index >= 15 is 0 Å². The van der Waals surface area contributed by atoms with Crippen molar-refractivity contribution >= 4 is 17.5 Å². The number of hydrogen-bond acceptors (Lipinski definition) is 4. The van der Waals surface area contributed by atoms with Crippen LogP contribution >= 0.6 is 0 Å².